The Balaban J connectivity index is 1.79. The monoisotopic (exact) mass is 309 g/mol. The fourth-order valence-electron chi connectivity index (χ4n) is 2.19. The van der Waals surface area contributed by atoms with Crippen LogP contribution >= 0.6 is 23.1 Å². The normalized spacial score (nSPS) is 15.4. The van der Waals surface area contributed by atoms with Gasteiger partial charge in [0.15, 0.2) is 0 Å². The minimum absolute atomic E-state index is 0.136. The van der Waals surface area contributed by atoms with Crippen LogP contribution in [0.5, 0.6) is 0 Å². The molecule has 5 heteroatoms. The molecule has 2 heterocycles. The van der Waals surface area contributed by atoms with Crippen LogP contribution in [-0.2, 0) is 11.3 Å². The summed E-state index contributed by atoms with van der Waals surface area (Å²) < 4.78 is 0. The molecule has 0 bridgehead atoms. The highest BCUT2D eigenvalue weighted by molar-refractivity contribution is 7.99. The summed E-state index contributed by atoms with van der Waals surface area (Å²) in [4.78, 5) is 13.0. The van der Waals surface area contributed by atoms with Gasteiger partial charge in [0, 0.05) is 16.9 Å². The highest BCUT2D eigenvalue weighted by atomic mass is 32.2. The van der Waals surface area contributed by atoms with Gasteiger partial charge in [0.05, 0.1) is 6.54 Å². The molecule has 2 rings (SSSR count). The van der Waals surface area contributed by atoms with Gasteiger partial charge in [-0.15, -0.1) is 11.3 Å². The van der Waals surface area contributed by atoms with Crippen molar-refractivity contribution in [3.05, 3.63) is 21.9 Å². The molecule has 20 heavy (non-hydrogen) atoms. The first-order valence-corrected chi connectivity index (χ1v) is 8.83. The molecule has 0 radical (unpaired) electrons. The van der Waals surface area contributed by atoms with E-state index < -0.39 is 0 Å². The molecule has 1 aliphatic heterocycles. The Morgan fingerprint density at radius 2 is 2.25 bits per heavy atom. The van der Waals surface area contributed by atoms with Gasteiger partial charge >= 0.3 is 0 Å². The molecule has 0 saturated carbocycles. The Labute approximate surface area is 128 Å². The number of aliphatic hydroxyl groups is 1. The maximum absolute atomic E-state index is 11.9. The molecule has 2 N–H and O–H groups in total. The molecule has 0 unspecified atom stereocenters. The van der Waals surface area contributed by atoms with Gasteiger partial charge in [-0.2, -0.15) is 11.8 Å². The van der Waals surface area contributed by atoms with Crippen molar-refractivity contribution in [3.8, 4) is 11.8 Å². The lowest BCUT2D eigenvalue weighted by Crippen LogP contribution is -2.26. The predicted molar refractivity (Wildman–Crippen MR) is 84.8 cm³/mol. The lowest BCUT2D eigenvalue weighted by molar-refractivity contribution is -0.122. The number of thioether (sulfide) groups is 1. The maximum Gasteiger partial charge on any atom is 0.220 e. The van der Waals surface area contributed by atoms with Crippen molar-refractivity contribution < 1.29 is 9.90 Å². The third-order valence-electron chi connectivity index (χ3n) is 3.31. The Bertz CT molecular complexity index is 495. The van der Waals surface area contributed by atoms with Crippen molar-refractivity contribution in [2.75, 3.05) is 18.1 Å². The first-order chi connectivity index (χ1) is 9.79. The number of aliphatic hydroxyl groups excluding tert-OH is 1. The molecule has 108 valence electrons. The molecular formula is C15H19NO2S2. The summed E-state index contributed by atoms with van der Waals surface area (Å²) in [6.45, 7) is 0.398. The number of nitrogens with one attached hydrogen (secondary N) is 1. The summed E-state index contributed by atoms with van der Waals surface area (Å²) in [5.41, 5.74) is 0.901. The van der Waals surface area contributed by atoms with E-state index >= 15 is 0 Å². The standard InChI is InChI=1S/C15H19NO2S2/c17-6-1-2-13-5-9-20-14(13)11-16-15(18)10-12-3-7-19-8-4-12/h5,9,12,17H,3-4,6-8,10-11H2,(H,16,18). The summed E-state index contributed by atoms with van der Waals surface area (Å²) in [7, 11) is 0. The highest BCUT2D eigenvalue weighted by Crippen LogP contribution is 2.25. The van der Waals surface area contributed by atoms with Gasteiger partial charge in [-0.3, -0.25) is 4.79 Å². The zero-order chi connectivity index (χ0) is 14.2. The second-order valence-corrected chi connectivity index (χ2v) is 6.98. The molecule has 1 aromatic rings. The fourth-order valence-corrected chi connectivity index (χ4v) is 4.16. The van der Waals surface area contributed by atoms with E-state index in [1.54, 1.807) is 11.3 Å². The minimum Gasteiger partial charge on any atom is -0.384 e. The molecular weight excluding hydrogens is 290 g/mol. The number of carbonyl (C=O) groups is 1. The number of amides is 1. The van der Waals surface area contributed by atoms with Gasteiger partial charge in [0.1, 0.15) is 6.61 Å². The molecule has 0 aliphatic carbocycles. The number of carbonyl (C=O) groups excluding carboxylic acids is 1. The van der Waals surface area contributed by atoms with Gasteiger partial charge in [0.25, 0.3) is 0 Å². The minimum atomic E-state index is -0.138. The zero-order valence-corrected chi connectivity index (χ0v) is 13.0. The van der Waals surface area contributed by atoms with E-state index in [-0.39, 0.29) is 12.5 Å². The zero-order valence-electron chi connectivity index (χ0n) is 11.4. The molecule has 0 atom stereocenters. The van der Waals surface area contributed by atoms with E-state index in [4.69, 9.17) is 5.11 Å². The second kappa shape index (κ2) is 8.35. The van der Waals surface area contributed by atoms with Crippen molar-refractivity contribution in [3.63, 3.8) is 0 Å². The third kappa shape index (κ3) is 4.86. The van der Waals surface area contributed by atoms with Crippen molar-refractivity contribution in [1.29, 1.82) is 0 Å². The van der Waals surface area contributed by atoms with Crippen LogP contribution in [0.4, 0.5) is 0 Å². The van der Waals surface area contributed by atoms with Gasteiger partial charge in [-0.25, -0.2) is 0 Å². The number of hydrogen-bond acceptors (Lipinski definition) is 4. The molecule has 0 aromatic carbocycles. The van der Waals surface area contributed by atoms with Crippen molar-refractivity contribution in [2.24, 2.45) is 5.92 Å². The topological polar surface area (TPSA) is 49.3 Å². The predicted octanol–water partition coefficient (Wildman–Crippen LogP) is 2.24. The fraction of sp³-hybridized carbons (Fsp3) is 0.533. The van der Waals surface area contributed by atoms with Crippen LogP contribution in [0.3, 0.4) is 0 Å². The van der Waals surface area contributed by atoms with E-state index in [1.165, 1.54) is 11.5 Å². The molecule has 1 amide bonds. The maximum atomic E-state index is 11.9. The molecule has 1 fully saturated rings. The van der Waals surface area contributed by atoms with Crippen LogP contribution in [0, 0.1) is 17.8 Å². The SMILES string of the molecule is O=C(CC1CCSCC1)NCc1sccc1C#CCO. The van der Waals surface area contributed by atoms with Crippen LogP contribution < -0.4 is 5.32 Å². The summed E-state index contributed by atoms with van der Waals surface area (Å²) in [6.07, 6.45) is 2.96. The summed E-state index contributed by atoms with van der Waals surface area (Å²) >= 11 is 3.57. The lowest BCUT2D eigenvalue weighted by atomic mass is 9.98. The second-order valence-electron chi connectivity index (χ2n) is 4.75. The average Bonchev–Trinajstić information content (AvgIpc) is 2.91. The van der Waals surface area contributed by atoms with Crippen molar-refractivity contribution >= 4 is 29.0 Å². The van der Waals surface area contributed by atoms with E-state index in [1.807, 2.05) is 23.2 Å². The largest absolute Gasteiger partial charge is 0.384 e. The smallest absolute Gasteiger partial charge is 0.220 e. The van der Waals surface area contributed by atoms with Crippen molar-refractivity contribution in [1.82, 2.24) is 5.32 Å². The molecule has 1 saturated heterocycles. The Morgan fingerprint density at radius 3 is 3.00 bits per heavy atom. The summed E-state index contributed by atoms with van der Waals surface area (Å²) in [6, 6.07) is 1.92. The molecule has 1 aromatic heterocycles. The summed E-state index contributed by atoms with van der Waals surface area (Å²) in [5, 5.41) is 13.7. The quantitative estimate of drug-likeness (QED) is 0.839. The van der Waals surface area contributed by atoms with Crippen LogP contribution in [0.2, 0.25) is 0 Å². The number of rotatable bonds is 4. The van der Waals surface area contributed by atoms with Crippen molar-refractivity contribution in [2.45, 2.75) is 25.8 Å². The van der Waals surface area contributed by atoms with Gasteiger partial charge in [-0.1, -0.05) is 11.8 Å². The van der Waals surface area contributed by atoms with Gasteiger partial charge in [-0.05, 0) is 41.7 Å². The van der Waals surface area contributed by atoms with Gasteiger partial charge < -0.3 is 10.4 Å². The van der Waals surface area contributed by atoms with E-state index in [0.717, 1.165) is 23.3 Å². The van der Waals surface area contributed by atoms with Gasteiger partial charge in [0.2, 0.25) is 5.91 Å². The number of hydrogen-bond donors (Lipinski definition) is 2. The van der Waals surface area contributed by atoms with Crippen LogP contribution in [-0.4, -0.2) is 29.1 Å². The summed E-state index contributed by atoms with van der Waals surface area (Å²) in [5.74, 6) is 8.60. The Kier molecular flexibility index (Phi) is 6.44. The third-order valence-corrected chi connectivity index (χ3v) is 5.28. The highest BCUT2D eigenvalue weighted by Gasteiger charge is 2.17. The average molecular weight is 309 g/mol. The molecule has 0 spiro atoms. The van der Waals surface area contributed by atoms with Crippen LogP contribution in [0.25, 0.3) is 0 Å². The Morgan fingerprint density at radius 1 is 1.45 bits per heavy atom. The first-order valence-electron chi connectivity index (χ1n) is 6.80. The molecule has 3 nitrogen and oxygen atoms in total. The van der Waals surface area contributed by atoms with Crippen LogP contribution in [0.15, 0.2) is 11.4 Å². The lowest BCUT2D eigenvalue weighted by Gasteiger charge is -2.20. The van der Waals surface area contributed by atoms with E-state index in [9.17, 15) is 4.79 Å². The Hall–Kier alpha value is -0.960. The molecule has 1 aliphatic rings. The van der Waals surface area contributed by atoms with E-state index in [2.05, 4.69) is 17.2 Å². The number of thiophene rings is 1. The first kappa shape index (κ1) is 15.4. The van der Waals surface area contributed by atoms with Crippen LogP contribution in [0.1, 0.15) is 29.7 Å². The van der Waals surface area contributed by atoms with E-state index in [0.29, 0.717) is 18.9 Å².